The molecule has 9 heteroatoms. The Labute approximate surface area is 184 Å². The van der Waals surface area contributed by atoms with Gasteiger partial charge < -0.3 is 15.0 Å². The van der Waals surface area contributed by atoms with Gasteiger partial charge in [-0.25, -0.2) is 13.2 Å². The minimum atomic E-state index is -3.43. The Balaban J connectivity index is 2.38. The third-order valence-electron chi connectivity index (χ3n) is 4.80. The normalized spacial score (nSPS) is 17.4. The molecule has 2 rings (SSSR count). The molecule has 166 valence electrons. The molecule has 1 aliphatic rings. The van der Waals surface area contributed by atoms with Gasteiger partial charge in [0.2, 0.25) is 10.0 Å². The van der Waals surface area contributed by atoms with Crippen molar-refractivity contribution in [2.75, 3.05) is 17.9 Å². The van der Waals surface area contributed by atoms with E-state index in [1.165, 1.54) is 0 Å². The third kappa shape index (κ3) is 5.51. The number of sulfonamides is 1. The third-order valence-corrected chi connectivity index (χ3v) is 6.90. The van der Waals surface area contributed by atoms with E-state index in [1.807, 2.05) is 32.6 Å². The lowest BCUT2D eigenvalue weighted by atomic mass is 9.95. The minimum absolute atomic E-state index is 0.224. The first kappa shape index (κ1) is 24.1. The predicted octanol–water partition coefficient (Wildman–Crippen LogP) is 3.56. The smallest absolute Gasteiger partial charge is 0.338 e. The van der Waals surface area contributed by atoms with Gasteiger partial charge in [0.15, 0.2) is 5.11 Å². The van der Waals surface area contributed by atoms with Gasteiger partial charge in [-0.1, -0.05) is 26.0 Å². The molecule has 0 fully saturated rings. The number of nitrogens with zero attached hydrogens (tertiary/aromatic N) is 1. The van der Waals surface area contributed by atoms with Crippen LogP contribution in [0, 0.1) is 5.92 Å². The van der Waals surface area contributed by atoms with Crippen LogP contribution < -0.4 is 10.0 Å². The number of nitrogens with one attached hydrogen (secondary N) is 2. The summed E-state index contributed by atoms with van der Waals surface area (Å²) in [6, 6.07) is 6.44. The second-order valence-corrected chi connectivity index (χ2v) is 10.6. The molecule has 0 radical (unpaired) electrons. The van der Waals surface area contributed by atoms with Gasteiger partial charge in [-0.2, -0.15) is 0 Å². The molecular weight excluding hydrogens is 422 g/mol. The van der Waals surface area contributed by atoms with Crippen LogP contribution >= 0.6 is 12.2 Å². The van der Waals surface area contributed by atoms with Gasteiger partial charge >= 0.3 is 5.97 Å². The molecule has 7 nitrogen and oxygen atoms in total. The molecule has 0 unspecified atom stereocenters. The standard InChI is InChI=1S/C21H31N3O4S2/c1-7-24-15(6)18(20(25)28-12-13(2)3)19(22-21(24)29)16-8-10-17(11-9-16)23-30(26,27)14(4)5/h8-11,13-14,19,23H,7,12H2,1-6H3,(H,22,29)/t19-/m1/s1. The summed E-state index contributed by atoms with van der Waals surface area (Å²) >= 11 is 5.49. The number of carbonyl (C=O) groups excluding carboxylic acids is 1. The van der Waals surface area contributed by atoms with Crippen molar-refractivity contribution in [1.29, 1.82) is 0 Å². The monoisotopic (exact) mass is 453 g/mol. The number of esters is 1. The van der Waals surface area contributed by atoms with Gasteiger partial charge in [-0.05, 0) is 63.5 Å². The van der Waals surface area contributed by atoms with Crippen molar-refractivity contribution in [3.63, 3.8) is 0 Å². The summed E-state index contributed by atoms with van der Waals surface area (Å²) in [7, 11) is -3.43. The van der Waals surface area contributed by atoms with Crippen molar-refractivity contribution in [1.82, 2.24) is 10.2 Å². The van der Waals surface area contributed by atoms with Crippen LogP contribution in [0.3, 0.4) is 0 Å². The molecule has 0 saturated carbocycles. The average molecular weight is 454 g/mol. The van der Waals surface area contributed by atoms with Gasteiger partial charge in [0, 0.05) is 17.9 Å². The summed E-state index contributed by atoms with van der Waals surface area (Å²) in [5.41, 5.74) is 2.51. The van der Waals surface area contributed by atoms with Crippen molar-refractivity contribution in [2.24, 2.45) is 5.92 Å². The Morgan fingerprint density at radius 1 is 1.23 bits per heavy atom. The zero-order chi connectivity index (χ0) is 22.6. The largest absolute Gasteiger partial charge is 0.462 e. The number of benzene rings is 1. The fraction of sp³-hybridized carbons (Fsp3) is 0.524. The molecule has 0 aliphatic carbocycles. The number of anilines is 1. The van der Waals surface area contributed by atoms with E-state index >= 15 is 0 Å². The minimum Gasteiger partial charge on any atom is -0.462 e. The van der Waals surface area contributed by atoms with Crippen molar-refractivity contribution in [2.45, 2.75) is 52.8 Å². The summed E-state index contributed by atoms with van der Waals surface area (Å²) in [5.74, 6) is -0.161. The first-order valence-electron chi connectivity index (χ1n) is 10.0. The Hall–Kier alpha value is -2.13. The molecule has 0 spiro atoms. The van der Waals surface area contributed by atoms with Gasteiger partial charge in [-0.3, -0.25) is 4.72 Å². The summed E-state index contributed by atoms with van der Waals surface area (Å²) in [5, 5.41) is 3.22. The van der Waals surface area contributed by atoms with Crippen LogP contribution in [0.15, 0.2) is 35.5 Å². The Bertz CT molecular complexity index is 922. The number of allylic oxidation sites excluding steroid dienone is 1. The number of carbonyl (C=O) groups is 1. The van der Waals surface area contributed by atoms with Crippen LogP contribution in [0.4, 0.5) is 5.69 Å². The van der Waals surface area contributed by atoms with E-state index in [4.69, 9.17) is 17.0 Å². The van der Waals surface area contributed by atoms with Crippen LogP contribution in [0.5, 0.6) is 0 Å². The number of rotatable bonds is 8. The van der Waals surface area contributed by atoms with Crippen molar-refractivity contribution in [3.05, 3.63) is 41.1 Å². The van der Waals surface area contributed by atoms with Crippen LogP contribution in [-0.2, 0) is 19.6 Å². The lowest BCUT2D eigenvalue weighted by molar-refractivity contribution is -0.140. The summed E-state index contributed by atoms with van der Waals surface area (Å²) in [6.07, 6.45) is 0. The fourth-order valence-corrected chi connectivity index (χ4v) is 4.11. The molecule has 1 aliphatic heterocycles. The zero-order valence-electron chi connectivity index (χ0n) is 18.4. The average Bonchev–Trinajstić information content (AvgIpc) is 2.66. The lowest BCUT2D eigenvalue weighted by Gasteiger charge is -2.37. The first-order valence-corrected chi connectivity index (χ1v) is 12.0. The molecule has 1 atom stereocenters. The van der Waals surface area contributed by atoms with E-state index in [0.717, 1.165) is 11.3 Å². The van der Waals surface area contributed by atoms with E-state index < -0.39 is 21.3 Å². The maximum Gasteiger partial charge on any atom is 0.338 e. The van der Waals surface area contributed by atoms with Gasteiger partial charge in [0.25, 0.3) is 0 Å². The van der Waals surface area contributed by atoms with E-state index in [0.29, 0.717) is 29.5 Å². The molecule has 0 amide bonds. The maximum absolute atomic E-state index is 12.9. The Morgan fingerprint density at radius 3 is 2.33 bits per heavy atom. The Kier molecular flexibility index (Phi) is 7.87. The van der Waals surface area contributed by atoms with E-state index in [1.54, 1.807) is 38.1 Å². The number of hydrogen-bond donors (Lipinski definition) is 2. The van der Waals surface area contributed by atoms with Gasteiger partial charge in [-0.15, -0.1) is 0 Å². The number of thiocarbonyl (C=S) groups is 1. The summed E-state index contributed by atoms with van der Waals surface area (Å²) in [4.78, 5) is 14.8. The SMILES string of the molecule is CCN1C(=S)N[C@H](c2ccc(NS(=O)(=O)C(C)C)cc2)C(C(=O)OCC(C)C)=C1C. The molecule has 1 heterocycles. The predicted molar refractivity (Wildman–Crippen MR) is 123 cm³/mol. The van der Waals surface area contributed by atoms with Crippen LogP contribution in [0.2, 0.25) is 0 Å². The molecule has 1 aromatic carbocycles. The first-order chi connectivity index (χ1) is 14.0. The van der Waals surface area contributed by atoms with Gasteiger partial charge in [0.05, 0.1) is 23.5 Å². The Morgan fingerprint density at radius 2 is 1.83 bits per heavy atom. The zero-order valence-corrected chi connectivity index (χ0v) is 20.0. The van der Waals surface area contributed by atoms with E-state index in [2.05, 4.69) is 10.0 Å². The maximum atomic E-state index is 12.9. The van der Waals surface area contributed by atoms with Crippen molar-refractivity contribution >= 4 is 39.0 Å². The lowest BCUT2D eigenvalue weighted by Crippen LogP contribution is -2.47. The molecule has 0 bridgehead atoms. The second kappa shape index (κ2) is 9.78. The van der Waals surface area contributed by atoms with Crippen molar-refractivity contribution < 1.29 is 17.9 Å². The molecule has 0 aromatic heterocycles. The topological polar surface area (TPSA) is 87.7 Å². The number of ether oxygens (including phenoxy) is 1. The summed E-state index contributed by atoms with van der Waals surface area (Å²) < 4.78 is 32.3. The molecule has 0 saturated heterocycles. The van der Waals surface area contributed by atoms with Crippen LogP contribution in [0.1, 0.15) is 53.1 Å². The molecule has 1 aromatic rings. The highest BCUT2D eigenvalue weighted by molar-refractivity contribution is 7.93. The summed E-state index contributed by atoms with van der Waals surface area (Å²) in [6.45, 7) is 12.0. The quantitative estimate of drug-likeness (QED) is 0.460. The molecular formula is C21H31N3O4S2. The number of hydrogen-bond acceptors (Lipinski definition) is 5. The van der Waals surface area contributed by atoms with Crippen LogP contribution in [-0.4, -0.2) is 42.8 Å². The van der Waals surface area contributed by atoms with Crippen LogP contribution in [0.25, 0.3) is 0 Å². The highest BCUT2D eigenvalue weighted by Gasteiger charge is 2.34. The van der Waals surface area contributed by atoms with Gasteiger partial charge in [0.1, 0.15) is 0 Å². The van der Waals surface area contributed by atoms with Crippen molar-refractivity contribution in [3.8, 4) is 0 Å². The van der Waals surface area contributed by atoms with E-state index in [9.17, 15) is 13.2 Å². The van der Waals surface area contributed by atoms with E-state index in [-0.39, 0.29) is 11.9 Å². The fourth-order valence-electron chi connectivity index (χ4n) is 3.02. The molecule has 2 N–H and O–H groups in total. The highest BCUT2D eigenvalue weighted by Crippen LogP contribution is 2.32. The second-order valence-electron chi connectivity index (χ2n) is 7.94. The highest BCUT2D eigenvalue weighted by atomic mass is 32.2. The molecule has 30 heavy (non-hydrogen) atoms.